The molecular weight excluding hydrogens is 292 g/mol. The molecule has 0 aromatic carbocycles. The van der Waals surface area contributed by atoms with Crippen molar-refractivity contribution >= 4 is 15.9 Å². The number of carbonyl (C=O) groups excluding carboxylic acids is 1. The molecule has 1 aromatic heterocycles. The Balaban J connectivity index is 2.04. The van der Waals surface area contributed by atoms with Gasteiger partial charge in [0.1, 0.15) is 0 Å². The Morgan fingerprint density at radius 1 is 1.45 bits per heavy atom. The fourth-order valence-electron chi connectivity index (χ4n) is 2.20. The number of aryl methyl sites for hydroxylation is 1. The van der Waals surface area contributed by atoms with E-state index in [-0.39, 0.29) is 17.9 Å². The molecule has 0 radical (unpaired) electrons. The number of aromatic nitrogens is 2. The first-order chi connectivity index (χ1) is 9.21. The normalized spacial score (nSPS) is 19.8. The number of nitrogens with one attached hydrogen (secondary N) is 1. The zero-order valence-corrected chi connectivity index (χ0v) is 11.7. The van der Waals surface area contributed by atoms with Crippen LogP contribution in [0.4, 0.5) is 8.78 Å². The topological polar surface area (TPSA) is 81.1 Å². The SMILES string of the molecule is Cn1nccc1S(=O)(=O)NC(=O)C1CCC(F)(F)CC1. The van der Waals surface area contributed by atoms with Crippen LogP contribution in [0.2, 0.25) is 0 Å². The third-order valence-electron chi connectivity index (χ3n) is 3.37. The second-order valence-electron chi connectivity index (χ2n) is 4.89. The van der Waals surface area contributed by atoms with E-state index in [2.05, 4.69) is 5.10 Å². The highest BCUT2D eigenvalue weighted by Crippen LogP contribution is 2.36. The molecule has 0 saturated heterocycles. The predicted molar refractivity (Wildman–Crippen MR) is 65.4 cm³/mol. The number of halogens is 2. The van der Waals surface area contributed by atoms with Crippen LogP contribution in [0, 0.1) is 5.92 Å². The lowest BCUT2D eigenvalue weighted by molar-refractivity contribution is -0.127. The molecule has 1 N–H and O–H groups in total. The van der Waals surface area contributed by atoms with Gasteiger partial charge >= 0.3 is 0 Å². The van der Waals surface area contributed by atoms with E-state index >= 15 is 0 Å². The summed E-state index contributed by atoms with van der Waals surface area (Å²) < 4.78 is 52.9. The maximum absolute atomic E-state index is 13.0. The summed E-state index contributed by atoms with van der Waals surface area (Å²) in [5.74, 6) is -4.18. The molecule has 6 nitrogen and oxygen atoms in total. The van der Waals surface area contributed by atoms with Crippen molar-refractivity contribution in [3.05, 3.63) is 12.3 Å². The minimum absolute atomic E-state index is 0.0141. The number of carbonyl (C=O) groups is 1. The van der Waals surface area contributed by atoms with Gasteiger partial charge in [-0.25, -0.2) is 13.5 Å². The zero-order chi connectivity index (χ0) is 15.0. The number of amides is 1. The molecule has 1 heterocycles. The molecule has 1 fully saturated rings. The molecule has 1 saturated carbocycles. The van der Waals surface area contributed by atoms with Gasteiger partial charge in [0.15, 0.2) is 5.03 Å². The molecule has 0 atom stereocenters. The Kier molecular flexibility index (Phi) is 3.81. The van der Waals surface area contributed by atoms with Crippen LogP contribution in [0.1, 0.15) is 25.7 Å². The molecule has 0 bridgehead atoms. The van der Waals surface area contributed by atoms with Gasteiger partial charge in [-0.3, -0.25) is 9.48 Å². The van der Waals surface area contributed by atoms with E-state index in [0.717, 1.165) is 4.68 Å². The monoisotopic (exact) mass is 307 g/mol. The molecule has 1 amide bonds. The summed E-state index contributed by atoms with van der Waals surface area (Å²) in [5.41, 5.74) is 0. The van der Waals surface area contributed by atoms with Gasteiger partial charge in [-0.2, -0.15) is 13.5 Å². The number of rotatable bonds is 3. The molecule has 112 valence electrons. The van der Waals surface area contributed by atoms with Crippen molar-refractivity contribution in [3.63, 3.8) is 0 Å². The van der Waals surface area contributed by atoms with Crippen molar-refractivity contribution in [2.24, 2.45) is 13.0 Å². The second-order valence-corrected chi connectivity index (χ2v) is 6.52. The maximum Gasteiger partial charge on any atom is 0.281 e. The van der Waals surface area contributed by atoms with E-state index in [1.54, 1.807) is 0 Å². The predicted octanol–water partition coefficient (Wildman–Crippen LogP) is 1.05. The minimum atomic E-state index is -4.01. The van der Waals surface area contributed by atoms with Gasteiger partial charge in [0.25, 0.3) is 10.0 Å². The average Bonchev–Trinajstić information content (AvgIpc) is 2.75. The Labute approximate surface area is 115 Å². The van der Waals surface area contributed by atoms with Crippen molar-refractivity contribution in [1.29, 1.82) is 0 Å². The van der Waals surface area contributed by atoms with Crippen LogP contribution in [0.5, 0.6) is 0 Å². The van der Waals surface area contributed by atoms with E-state index in [1.807, 2.05) is 4.72 Å². The standard InChI is InChI=1S/C11H15F2N3O3S/c1-16-9(4-7-14-16)20(18,19)15-10(17)8-2-5-11(12,13)6-3-8/h4,7-8H,2-3,5-6H2,1H3,(H,15,17). The number of hydrogen-bond acceptors (Lipinski definition) is 4. The lowest BCUT2D eigenvalue weighted by Gasteiger charge is -2.27. The summed E-state index contributed by atoms with van der Waals surface area (Å²) in [4.78, 5) is 11.9. The summed E-state index contributed by atoms with van der Waals surface area (Å²) >= 11 is 0. The fraction of sp³-hybridized carbons (Fsp3) is 0.636. The first kappa shape index (κ1) is 14.9. The highest BCUT2D eigenvalue weighted by atomic mass is 32.2. The smallest absolute Gasteiger partial charge is 0.274 e. The van der Waals surface area contributed by atoms with Crippen molar-refractivity contribution in [1.82, 2.24) is 14.5 Å². The molecule has 1 aromatic rings. The van der Waals surface area contributed by atoms with Crippen LogP contribution < -0.4 is 4.72 Å². The molecule has 0 spiro atoms. The largest absolute Gasteiger partial charge is 0.281 e. The highest BCUT2D eigenvalue weighted by molar-refractivity contribution is 7.90. The van der Waals surface area contributed by atoms with E-state index in [4.69, 9.17) is 0 Å². The van der Waals surface area contributed by atoms with Gasteiger partial charge in [-0.15, -0.1) is 0 Å². The molecule has 9 heteroatoms. The van der Waals surface area contributed by atoms with Crippen LogP contribution in [0.25, 0.3) is 0 Å². The Bertz CT molecular complexity index is 602. The Morgan fingerprint density at radius 3 is 2.55 bits per heavy atom. The van der Waals surface area contributed by atoms with E-state index < -0.39 is 40.6 Å². The third kappa shape index (κ3) is 3.14. The molecular formula is C11H15F2N3O3S. The molecule has 0 aliphatic heterocycles. The average molecular weight is 307 g/mol. The number of alkyl halides is 2. The summed E-state index contributed by atoms with van der Waals surface area (Å²) in [6.45, 7) is 0. The van der Waals surface area contributed by atoms with Crippen LogP contribution in [-0.4, -0.2) is 30.0 Å². The number of hydrogen-bond donors (Lipinski definition) is 1. The highest BCUT2D eigenvalue weighted by Gasteiger charge is 2.38. The summed E-state index contributed by atoms with van der Waals surface area (Å²) in [6.07, 6.45) is 0.480. The maximum atomic E-state index is 13.0. The van der Waals surface area contributed by atoms with E-state index in [9.17, 15) is 22.0 Å². The zero-order valence-electron chi connectivity index (χ0n) is 10.8. The van der Waals surface area contributed by atoms with Gasteiger partial charge in [0.2, 0.25) is 11.8 Å². The summed E-state index contributed by atoms with van der Waals surface area (Å²) in [7, 11) is -2.58. The molecule has 0 unspecified atom stereocenters. The van der Waals surface area contributed by atoms with Crippen LogP contribution >= 0.6 is 0 Å². The Morgan fingerprint density at radius 2 is 2.05 bits per heavy atom. The summed E-state index contributed by atoms with van der Waals surface area (Å²) in [6, 6.07) is 1.25. The summed E-state index contributed by atoms with van der Waals surface area (Å²) in [5, 5.41) is 3.56. The first-order valence-electron chi connectivity index (χ1n) is 6.14. The molecule has 1 aliphatic rings. The molecule has 20 heavy (non-hydrogen) atoms. The van der Waals surface area contributed by atoms with Gasteiger partial charge in [-0.05, 0) is 18.9 Å². The number of sulfonamides is 1. The molecule has 1 aliphatic carbocycles. The van der Waals surface area contributed by atoms with Crippen LogP contribution in [0.15, 0.2) is 17.3 Å². The minimum Gasteiger partial charge on any atom is -0.274 e. The van der Waals surface area contributed by atoms with Gasteiger partial charge in [0.05, 0.1) is 6.20 Å². The number of nitrogens with zero attached hydrogens (tertiary/aromatic N) is 2. The van der Waals surface area contributed by atoms with Crippen molar-refractivity contribution in [3.8, 4) is 0 Å². The van der Waals surface area contributed by atoms with Gasteiger partial charge in [0, 0.05) is 25.8 Å². The third-order valence-corrected chi connectivity index (χ3v) is 4.80. The lowest BCUT2D eigenvalue weighted by Crippen LogP contribution is -2.39. The Hall–Kier alpha value is -1.51. The van der Waals surface area contributed by atoms with Crippen molar-refractivity contribution < 1.29 is 22.0 Å². The second kappa shape index (κ2) is 5.12. The fourth-order valence-corrected chi connectivity index (χ4v) is 3.37. The first-order valence-corrected chi connectivity index (χ1v) is 7.62. The van der Waals surface area contributed by atoms with E-state index in [1.165, 1.54) is 19.3 Å². The van der Waals surface area contributed by atoms with Crippen molar-refractivity contribution in [2.45, 2.75) is 36.6 Å². The van der Waals surface area contributed by atoms with Crippen LogP contribution in [0.3, 0.4) is 0 Å². The van der Waals surface area contributed by atoms with Crippen LogP contribution in [-0.2, 0) is 21.9 Å². The van der Waals surface area contributed by atoms with Crippen molar-refractivity contribution in [2.75, 3.05) is 0 Å². The molecule has 2 rings (SSSR count). The lowest BCUT2D eigenvalue weighted by atomic mass is 9.86. The quantitative estimate of drug-likeness (QED) is 0.905. The van der Waals surface area contributed by atoms with Gasteiger partial charge < -0.3 is 0 Å². The van der Waals surface area contributed by atoms with Gasteiger partial charge in [-0.1, -0.05) is 0 Å². The van der Waals surface area contributed by atoms with E-state index in [0.29, 0.717) is 0 Å².